The first-order valence-corrected chi connectivity index (χ1v) is 11.3. The highest BCUT2D eigenvalue weighted by Crippen LogP contribution is 2.67. The van der Waals surface area contributed by atoms with Crippen molar-refractivity contribution in [1.82, 2.24) is 0 Å². The number of nitriles is 1. The number of hydrogen-bond acceptors (Lipinski definition) is 4. The van der Waals surface area contributed by atoms with E-state index in [2.05, 4.69) is 26.8 Å². The van der Waals surface area contributed by atoms with E-state index in [0.717, 1.165) is 32.1 Å². The smallest absolute Gasteiger partial charge is 0.293 e. The molecule has 4 fully saturated rings. The molecule has 0 aromatic heterocycles. The van der Waals surface area contributed by atoms with Crippen molar-refractivity contribution in [3.63, 3.8) is 0 Å². The predicted molar refractivity (Wildman–Crippen MR) is 106 cm³/mol. The first-order valence-electron chi connectivity index (χ1n) is 11.3. The van der Waals surface area contributed by atoms with Crippen LogP contribution in [0.2, 0.25) is 0 Å². The van der Waals surface area contributed by atoms with Crippen LogP contribution in [0.5, 0.6) is 0 Å². The van der Waals surface area contributed by atoms with Crippen molar-refractivity contribution in [2.75, 3.05) is 0 Å². The van der Waals surface area contributed by atoms with E-state index in [1.165, 1.54) is 12.8 Å². The average molecular weight is 386 g/mol. The van der Waals surface area contributed by atoms with E-state index in [4.69, 9.17) is 4.74 Å². The van der Waals surface area contributed by atoms with Gasteiger partial charge in [-0.05, 0) is 85.4 Å². The van der Waals surface area contributed by atoms with Crippen LogP contribution in [0.1, 0.15) is 78.6 Å². The van der Waals surface area contributed by atoms with Gasteiger partial charge in [0.05, 0.1) is 6.07 Å². The summed E-state index contributed by atoms with van der Waals surface area (Å²) in [6.45, 7) is 7.66. The van der Waals surface area contributed by atoms with Crippen molar-refractivity contribution < 1.29 is 14.3 Å². The number of ether oxygens (including phenoxy) is 1. The normalized spacial score (nSPS) is 48.6. The van der Waals surface area contributed by atoms with Crippen molar-refractivity contribution >= 4 is 12.3 Å². The van der Waals surface area contributed by atoms with E-state index >= 15 is 0 Å². The Labute approximate surface area is 169 Å². The van der Waals surface area contributed by atoms with E-state index in [9.17, 15) is 14.9 Å². The van der Waals surface area contributed by atoms with Gasteiger partial charge in [0.25, 0.3) is 6.47 Å². The van der Waals surface area contributed by atoms with Crippen molar-refractivity contribution in [3.8, 4) is 6.07 Å². The molecular formula is C24H35NO3. The number of ketones is 1. The van der Waals surface area contributed by atoms with Crippen LogP contribution in [0.25, 0.3) is 0 Å². The standard InChI is InChI=1S/C24H35NO3/c1-15(8-11-25)18-4-5-19-22-20(7-10-24(18,19)3)23(2)9-6-17(28-14-26)12-16(23)13-21(22)27/h14-20,22H,4-10,12-13H2,1-3H3/t15-,16?,17-,18-,19+,20+,22?,23?,24?/m1/s1. The quantitative estimate of drug-likeness (QED) is 0.645. The zero-order chi connectivity index (χ0) is 20.1. The lowest BCUT2D eigenvalue weighted by atomic mass is 9.44. The number of carbonyl (C=O) groups is 2. The molecule has 154 valence electrons. The number of Topliss-reactive ketones (excluding diaryl/α,β-unsaturated/α-hetero) is 1. The Morgan fingerprint density at radius 2 is 1.89 bits per heavy atom. The fourth-order valence-corrected chi connectivity index (χ4v) is 8.36. The van der Waals surface area contributed by atoms with Gasteiger partial charge in [0.15, 0.2) is 0 Å². The molecule has 9 atom stereocenters. The molecule has 4 nitrogen and oxygen atoms in total. The molecule has 0 bridgehead atoms. The van der Waals surface area contributed by atoms with Crippen LogP contribution in [0.3, 0.4) is 0 Å². The summed E-state index contributed by atoms with van der Waals surface area (Å²) in [6, 6.07) is 2.38. The van der Waals surface area contributed by atoms with Gasteiger partial charge in [-0.2, -0.15) is 5.26 Å². The number of hydrogen-bond donors (Lipinski definition) is 0. The van der Waals surface area contributed by atoms with Crippen LogP contribution in [-0.2, 0) is 14.3 Å². The van der Waals surface area contributed by atoms with Gasteiger partial charge in [0.1, 0.15) is 11.9 Å². The maximum atomic E-state index is 13.4. The molecule has 0 radical (unpaired) electrons. The van der Waals surface area contributed by atoms with Crippen LogP contribution in [0, 0.1) is 57.7 Å². The van der Waals surface area contributed by atoms with Crippen LogP contribution in [-0.4, -0.2) is 18.4 Å². The van der Waals surface area contributed by atoms with Gasteiger partial charge in [-0.15, -0.1) is 0 Å². The summed E-state index contributed by atoms with van der Waals surface area (Å²) in [5.41, 5.74) is 0.424. The van der Waals surface area contributed by atoms with Crippen LogP contribution in [0.15, 0.2) is 0 Å². The number of fused-ring (bicyclic) bond motifs is 5. The highest BCUT2D eigenvalue weighted by Gasteiger charge is 2.63. The van der Waals surface area contributed by atoms with Gasteiger partial charge in [-0.1, -0.05) is 20.8 Å². The highest BCUT2D eigenvalue weighted by molar-refractivity contribution is 5.83. The average Bonchev–Trinajstić information content (AvgIpc) is 3.00. The molecular weight excluding hydrogens is 350 g/mol. The Morgan fingerprint density at radius 1 is 1.18 bits per heavy atom. The van der Waals surface area contributed by atoms with E-state index in [1.807, 2.05) is 0 Å². The fourth-order valence-electron chi connectivity index (χ4n) is 8.36. The highest BCUT2D eigenvalue weighted by atomic mass is 16.5. The lowest BCUT2D eigenvalue weighted by Gasteiger charge is -2.60. The molecule has 4 aliphatic rings. The van der Waals surface area contributed by atoms with Crippen molar-refractivity contribution in [1.29, 1.82) is 5.26 Å². The summed E-state index contributed by atoms with van der Waals surface area (Å²) in [4.78, 5) is 24.2. The Balaban J connectivity index is 1.59. The maximum Gasteiger partial charge on any atom is 0.293 e. The van der Waals surface area contributed by atoms with E-state index in [0.29, 0.717) is 54.7 Å². The Hall–Kier alpha value is -1.37. The Morgan fingerprint density at radius 3 is 2.61 bits per heavy atom. The number of nitrogens with zero attached hydrogens (tertiary/aromatic N) is 1. The zero-order valence-corrected chi connectivity index (χ0v) is 17.7. The first-order chi connectivity index (χ1) is 13.3. The summed E-state index contributed by atoms with van der Waals surface area (Å²) in [5.74, 6) is 3.03. The van der Waals surface area contributed by atoms with E-state index in [-0.39, 0.29) is 22.9 Å². The molecule has 0 aromatic carbocycles. The zero-order valence-electron chi connectivity index (χ0n) is 17.7. The SMILES string of the molecule is C[C@H](CC#N)[C@H]1CC[C@H]2C3C(=O)CC4C[C@H](OC=O)CCC4(C)[C@H]3CCC12C. The molecule has 0 N–H and O–H groups in total. The predicted octanol–water partition coefficient (Wildman–Crippen LogP) is 4.92. The molecule has 28 heavy (non-hydrogen) atoms. The second-order valence-corrected chi connectivity index (χ2v) is 10.8. The molecule has 0 amide bonds. The molecule has 0 aromatic rings. The second-order valence-electron chi connectivity index (χ2n) is 10.8. The fraction of sp³-hybridized carbons (Fsp3) is 0.875. The summed E-state index contributed by atoms with van der Waals surface area (Å²) in [7, 11) is 0. The van der Waals surface area contributed by atoms with E-state index in [1.54, 1.807) is 0 Å². The monoisotopic (exact) mass is 385 g/mol. The summed E-state index contributed by atoms with van der Waals surface area (Å²) in [5, 5.41) is 9.19. The number of rotatable bonds is 4. The molecule has 4 unspecified atom stereocenters. The molecule has 4 heteroatoms. The number of carbonyl (C=O) groups excluding carboxylic acids is 2. The van der Waals surface area contributed by atoms with Crippen molar-refractivity contribution in [2.24, 2.45) is 46.3 Å². The third kappa shape index (κ3) is 2.84. The summed E-state index contributed by atoms with van der Waals surface area (Å²) >= 11 is 0. The second kappa shape index (κ2) is 7.15. The maximum absolute atomic E-state index is 13.4. The summed E-state index contributed by atoms with van der Waals surface area (Å²) < 4.78 is 5.28. The van der Waals surface area contributed by atoms with Crippen LogP contribution in [0.4, 0.5) is 0 Å². The minimum atomic E-state index is -0.00327. The summed E-state index contributed by atoms with van der Waals surface area (Å²) in [6.07, 6.45) is 8.83. The largest absolute Gasteiger partial charge is 0.465 e. The third-order valence-electron chi connectivity index (χ3n) is 9.84. The van der Waals surface area contributed by atoms with Gasteiger partial charge in [0.2, 0.25) is 0 Å². The Kier molecular flexibility index (Phi) is 5.09. The first kappa shape index (κ1) is 19.9. The third-order valence-corrected chi connectivity index (χ3v) is 9.84. The van der Waals surface area contributed by atoms with Gasteiger partial charge in [0, 0.05) is 18.8 Å². The topological polar surface area (TPSA) is 67.2 Å². The minimum Gasteiger partial charge on any atom is -0.465 e. The molecule has 4 rings (SSSR count). The van der Waals surface area contributed by atoms with E-state index < -0.39 is 0 Å². The lowest BCUT2D eigenvalue weighted by Crippen LogP contribution is -2.57. The molecule has 0 heterocycles. The van der Waals surface area contributed by atoms with Gasteiger partial charge in [-0.25, -0.2) is 0 Å². The van der Waals surface area contributed by atoms with Crippen molar-refractivity contribution in [3.05, 3.63) is 0 Å². The van der Waals surface area contributed by atoms with Gasteiger partial charge in [-0.3, -0.25) is 9.59 Å². The molecule has 4 aliphatic carbocycles. The lowest BCUT2D eigenvalue weighted by molar-refractivity contribution is -0.164. The van der Waals surface area contributed by atoms with Crippen molar-refractivity contribution in [2.45, 2.75) is 84.7 Å². The van der Waals surface area contributed by atoms with Crippen LogP contribution >= 0.6 is 0 Å². The molecule has 4 saturated carbocycles. The molecule has 0 spiro atoms. The Bertz CT molecular complexity index is 684. The van der Waals surface area contributed by atoms with Crippen LogP contribution < -0.4 is 0 Å². The van der Waals surface area contributed by atoms with Gasteiger partial charge < -0.3 is 4.74 Å². The molecule has 0 saturated heterocycles. The molecule has 0 aliphatic heterocycles. The van der Waals surface area contributed by atoms with Gasteiger partial charge >= 0.3 is 0 Å². The minimum absolute atomic E-state index is 0.00327.